The van der Waals surface area contributed by atoms with Gasteiger partial charge in [0.2, 0.25) is 0 Å². The zero-order valence-electron chi connectivity index (χ0n) is 16.9. The number of carbonyl (C=O) groups excluding carboxylic acids is 1. The van der Waals surface area contributed by atoms with E-state index in [9.17, 15) is 4.79 Å². The Labute approximate surface area is 170 Å². The van der Waals surface area contributed by atoms with Gasteiger partial charge in [-0.05, 0) is 61.4 Å². The Hall–Kier alpha value is -3.25. The van der Waals surface area contributed by atoms with Gasteiger partial charge in [-0.25, -0.2) is 4.79 Å². The molecule has 0 bridgehead atoms. The van der Waals surface area contributed by atoms with Gasteiger partial charge in [0, 0.05) is 5.69 Å². The summed E-state index contributed by atoms with van der Waals surface area (Å²) in [6.45, 7) is 4.70. The lowest BCUT2D eigenvalue weighted by atomic mass is 10.2. The van der Waals surface area contributed by atoms with Crippen molar-refractivity contribution in [2.24, 2.45) is 0 Å². The highest BCUT2D eigenvalue weighted by Crippen LogP contribution is 2.17. The number of benzene rings is 2. The third kappa shape index (κ3) is 6.12. The van der Waals surface area contributed by atoms with Crippen LogP contribution < -0.4 is 15.4 Å². The van der Waals surface area contributed by atoms with Crippen molar-refractivity contribution < 1.29 is 18.7 Å². The summed E-state index contributed by atoms with van der Waals surface area (Å²) < 4.78 is 16.5. The van der Waals surface area contributed by atoms with Crippen molar-refractivity contribution >= 4 is 11.7 Å². The van der Waals surface area contributed by atoms with Crippen molar-refractivity contribution in [3.63, 3.8) is 0 Å². The van der Waals surface area contributed by atoms with Crippen LogP contribution in [-0.2, 0) is 18.0 Å². The molecule has 29 heavy (non-hydrogen) atoms. The van der Waals surface area contributed by atoms with Crippen LogP contribution >= 0.6 is 0 Å². The molecule has 3 aromatic rings. The predicted octanol–water partition coefficient (Wildman–Crippen LogP) is 5.20. The summed E-state index contributed by atoms with van der Waals surface area (Å²) in [5.74, 6) is 2.36. The number of carbonyl (C=O) groups is 1. The Morgan fingerprint density at radius 1 is 1.03 bits per heavy atom. The molecule has 0 aliphatic heterocycles. The number of nitrogens with one attached hydrogen (secondary N) is 2. The molecule has 2 N–H and O–H groups in total. The Morgan fingerprint density at radius 2 is 1.79 bits per heavy atom. The van der Waals surface area contributed by atoms with Crippen LogP contribution in [0.1, 0.15) is 35.6 Å². The normalized spacial score (nSPS) is 11.7. The van der Waals surface area contributed by atoms with Crippen LogP contribution in [0.3, 0.4) is 0 Å². The van der Waals surface area contributed by atoms with Crippen LogP contribution in [0.2, 0.25) is 0 Å². The topological polar surface area (TPSA) is 72.7 Å². The highest BCUT2D eigenvalue weighted by atomic mass is 16.5. The number of hydrogen-bond donors (Lipinski definition) is 2. The largest absolute Gasteiger partial charge is 0.497 e. The monoisotopic (exact) mass is 394 g/mol. The minimum absolute atomic E-state index is 0.222. The second-order valence-corrected chi connectivity index (χ2v) is 6.81. The molecular formula is C23H26N2O4. The van der Waals surface area contributed by atoms with E-state index in [1.54, 1.807) is 7.11 Å². The van der Waals surface area contributed by atoms with E-state index in [-0.39, 0.29) is 12.1 Å². The molecule has 3 rings (SSSR count). The second kappa shape index (κ2) is 9.80. The fourth-order valence-electron chi connectivity index (χ4n) is 2.87. The maximum atomic E-state index is 12.3. The molecule has 2 amide bonds. The van der Waals surface area contributed by atoms with Gasteiger partial charge in [-0.3, -0.25) is 0 Å². The number of ether oxygens (including phenoxy) is 2. The van der Waals surface area contributed by atoms with Crippen LogP contribution in [0.5, 0.6) is 5.75 Å². The van der Waals surface area contributed by atoms with Crippen molar-refractivity contribution in [1.29, 1.82) is 0 Å². The van der Waals surface area contributed by atoms with Crippen LogP contribution in [-0.4, -0.2) is 13.1 Å². The van der Waals surface area contributed by atoms with E-state index in [4.69, 9.17) is 13.9 Å². The third-order valence-corrected chi connectivity index (χ3v) is 4.42. The summed E-state index contributed by atoms with van der Waals surface area (Å²) in [5, 5.41) is 5.72. The van der Waals surface area contributed by atoms with Crippen LogP contribution in [0, 0.1) is 6.92 Å². The molecule has 0 spiro atoms. The molecule has 1 unspecified atom stereocenters. The summed E-state index contributed by atoms with van der Waals surface area (Å²) >= 11 is 0. The van der Waals surface area contributed by atoms with E-state index in [1.165, 1.54) is 0 Å². The van der Waals surface area contributed by atoms with E-state index in [1.807, 2.05) is 74.5 Å². The second-order valence-electron chi connectivity index (χ2n) is 6.81. The molecule has 1 atom stereocenters. The lowest BCUT2D eigenvalue weighted by Gasteiger charge is -2.13. The maximum absolute atomic E-state index is 12.3. The summed E-state index contributed by atoms with van der Waals surface area (Å²) in [7, 11) is 1.64. The first kappa shape index (κ1) is 20.5. The molecule has 0 aliphatic carbocycles. The lowest BCUT2D eigenvalue weighted by molar-refractivity contribution is 0.107. The van der Waals surface area contributed by atoms with Gasteiger partial charge >= 0.3 is 6.03 Å². The van der Waals surface area contributed by atoms with Crippen molar-refractivity contribution in [3.8, 4) is 5.75 Å². The zero-order valence-corrected chi connectivity index (χ0v) is 16.9. The molecule has 0 saturated carbocycles. The van der Waals surface area contributed by atoms with Crippen molar-refractivity contribution in [1.82, 2.24) is 5.32 Å². The molecule has 0 radical (unpaired) electrons. The number of hydrogen-bond acceptors (Lipinski definition) is 4. The average molecular weight is 394 g/mol. The molecule has 6 nitrogen and oxygen atoms in total. The van der Waals surface area contributed by atoms with Crippen molar-refractivity contribution in [2.75, 3.05) is 12.4 Å². The van der Waals surface area contributed by atoms with Crippen molar-refractivity contribution in [3.05, 3.63) is 83.3 Å². The number of methoxy groups -OCH3 is 1. The standard InChI is InChI=1S/C23H26N2O4/c1-16-7-12-22(29-16)17(2)24-23(26)25-20-6-4-5-19(13-20)15-28-14-18-8-10-21(27-3)11-9-18/h4-13,17H,14-15H2,1-3H3,(H2,24,25,26). The Morgan fingerprint density at radius 3 is 2.48 bits per heavy atom. The SMILES string of the molecule is COc1ccc(COCc2cccc(NC(=O)NC(C)c3ccc(C)o3)c2)cc1. The molecule has 0 saturated heterocycles. The predicted molar refractivity (Wildman–Crippen MR) is 112 cm³/mol. The Kier molecular flexibility index (Phi) is 6.92. The van der Waals surface area contributed by atoms with E-state index in [0.717, 1.165) is 28.4 Å². The summed E-state index contributed by atoms with van der Waals surface area (Å²) in [5.41, 5.74) is 2.75. The van der Waals surface area contributed by atoms with Gasteiger partial charge in [-0.1, -0.05) is 24.3 Å². The number of furan rings is 1. The quantitative estimate of drug-likeness (QED) is 0.551. The van der Waals surface area contributed by atoms with Crippen LogP contribution in [0.25, 0.3) is 0 Å². The number of anilines is 1. The first-order valence-electron chi connectivity index (χ1n) is 9.47. The highest BCUT2D eigenvalue weighted by molar-refractivity contribution is 5.89. The summed E-state index contributed by atoms with van der Waals surface area (Å²) in [6.07, 6.45) is 0. The van der Waals surface area contributed by atoms with Gasteiger partial charge in [0.05, 0.1) is 26.4 Å². The van der Waals surface area contributed by atoms with Crippen LogP contribution in [0.15, 0.2) is 65.1 Å². The lowest BCUT2D eigenvalue weighted by Crippen LogP contribution is -2.31. The van der Waals surface area contributed by atoms with Crippen molar-refractivity contribution in [2.45, 2.75) is 33.1 Å². The molecule has 0 aliphatic rings. The first-order valence-corrected chi connectivity index (χ1v) is 9.47. The molecule has 1 heterocycles. The Balaban J connectivity index is 1.48. The molecule has 0 fully saturated rings. The number of amides is 2. The van der Waals surface area contributed by atoms with E-state index in [2.05, 4.69) is 10.6 Å². The summed E-state index contributed by atoms with van der Waals surface area (Å²) in [4.78, 5) is 12.3. The molecule has 6 heteroatoms. The van der Waals surface area contributed by atoms with Crippen LogP contribution in [0.4, 0.5) is 10.5 Å². The van der Waals surface area contributed by atoms with Gasteiger partial charge in [0.25, 0.3) is 0 Å². The average Bonchev–Trinajstić information content (AvgIpc) is 3.15. The van der Waals surface area contributed by atoms with Gasteiger partial charge in [-0.2, -0.15) is 0 Å². The summed E-state index contributed by atoms with van der Waals surface area (Å²) in [6, 6.07) is 18.6. The third-order valence-electron chi connectivity index (χ3n) is 4.42. The first-order chi connectivity index (χ1) is 14.0. The van der Waals surface area contributed by atoms with E-state index < -0.39 is 0 Å². The smallest absolute Gasteiger partial charge is 0.319 e. The number of aryl methyl sites for hydroxylation is 1. The minimum atomic E-state index is -0.289. The Bertz CT molecular complexity index is 934. The zero-order chi connectivity index (χ0) is 20.6. The maximum Gasteiger partial charge on any atom is 0.319 e. The molecule has 152 valence electrons. The molecule has 2 aromatic carbocycles. The van der Waals surface area contributed by atoms with Gasteiger partial charge in [-0.15, -0.1) is 0 Å². The molecular weight excluding hydrogens is 368 g/mol. The van der Waals surface area contributed by atoms with E-state index >= 15 is 0 Å². The fraction of sp³-hybridized carbons (Fsp3) is 0.261. The fourth-order valence-corrected chi connectivity index (χ4v) is 2.87. The van der Waals surface area contributed by atoms with Gasteiger partial charge < -0.3 is 24.5 Å². The van der Waals surface area contributed by atoms with Gasteiger partial charge in [0.1, 0.15) is 17.3 Å². The number of rotatable bonds is 8. The molecule has 1 aromatic heterocycles. The number of urea groups is 1. The highest BCUT2D eigenvalue weighted by Gasteiger charge is 2.12. The van der Waals surface area contributed by atoms with Gasteiger partial charge in [0.15, 0.2) is 0 Å². The minimum Gasteiger partial charge on any atom is -0.497 e. The van der Waals surface area contributed by atoms with E-state index in [0.29, 0.717) is 18.9 Å².